The molecule has 2 aromatic carbocycles. The summed E-state index contributed by atoms with van der Waals surface area (Å²) in [5, 5.41) is 3.01. The zero-order chi connectivity index (χ0) is 19.3. The van der Waals surface area contributed by atoms with Crippen LogP contribution in [-0.4, -0.2) is 15.9 Å². The van der Waals surface area contributed by atoms with E-state index in [0.29, 0.717) is 12.2 Å². The van der Waals surface area contributed by atoms with E-state index in [4.69, 9.17) is 9.97 Å². The molecule has 0 saturated heterocycles. The molecule has 0 bridgehead atoms. The summed E-state index contributed by atoms with van der Waals surface area (Å²) in [5.74, 6) is 0.640. The van der Waals surface area contributed by atoms with Gasteiger partial charge in [-0.25, -0.2) is 9.97 Å². The van der Waals surface area contributed by atoms with Gasteiger partial charge in [0.05, 0.1) is 17.1 Å². The molecule has 0 unspecified atom stereocenters. The van der Waals surface area contributed by atoms with Crippen molar-refractivity contribution in [2.24, 2.45) is 0 Å². The zero-order valence-corrected chi connectivity index (χ0v) is 16.2. The largest absolute Gasteiger partial charge is 0.309 e. The van der Waals surface area contributed by atoms with Gasteiger partial charge in [-0.15, -0.1) is 0 Å². The molecular formula is C24H25N3O. The first-order chi connectivity index (χ1) is 13.7. The van der Waals surface area contributed by atoms with E-state index in [1.165, 1.54) is 16.7 Å². The molecule has 3 aromatic rings. The molecule has 1 aromatic heterocycles. The van der Waals surface area contributed by atoms with Gasteiger partial charge >= 0.3 is 0 Å². The lowest BCUT2D eigenvalue weighted by Crippen LogP contribution is -2.18. The summed E-state index contributed by atoms with van der Waals surface area (Å²) in [6.45, 7) is 2.05. The van der Waals surface area contributed by atoms with Crippen LogP contribution in [0.25, 0.3) is 11.3 Å². The fourth-order valence-electron chi connectivity index (χ4n) is 3.76. The molecule has 4 rings (SSSR count). The molecule has 1 aliphatic rings. The molecule has 0 radical (unpaired) electrons. The number of hydrogen-bond donors (Lipinski definition) is 1. The summed E-state index contributed by atoms with van der Waals surface area (Å²) in [7, 11) is 0. The number of anilines is 1. The van der Waals surface area contributed by atoms with Crippen molar-refractivity contribution in [2.45, 2.75) is 45.4 Å². The Morgan fingerprint density at radius 2 is 1.79 bits per heavy atom. The van der Waals surface area contributed by atoms with Crippen LogP contribution in [0, 0.1) is 0 Å². The number of carbonyl (C=O) groups is 1. The lowest BCUT2D eigenvalue weighted by molar-refractivity contribution is -0.116. The third kappa shape index (κ3) is 3.96. The highest BCUT2D eigenvalue weighted by molar-refractivity contribution is 5.90. The Kier molecular flexibility index (Phi) is 5.47. The Hall–Kier alpha value is -3.01. The van der Waals surface area contributed by atoms with Gasteiger partial charge in [-0.3, -0.25) is 4.79 Å². The number of nitrogens with zero attached hydrogens (tertiary/aromatic N) is 2. The van der Waals surface area contributed by atoms with Crippen molar-refractivity contribution in [3.05, 3.63) is 77.1 Å². The maximum absolute atomic E-state index is 12.5. The molecule has 0 atom stereocenters. The number of aromatic nitrogens is 2. The number of amides is 1. The normalized spacial score (nSPS) is 12.2. The van der Waals surface area contributed by atoms with Gasteiger partial charge in [0.25, 0.3) is 0 Å². The number of hydrogen-bond acceptors (Lipinski definition) is 3. The molecule has 0 saturated carbocycles. The molecule has 28 heavy (non-hydrogen) atoms. The zero-order valence-electron chi connectivity index (χ0n) is 16.2. The van der Waals surface area contributed by atoms with Gasteiger partial charge in [-0.2, -0.15) is 0 Å². The summed E-state index contributed by atoms with van der Waals surface area (Å²) in [6.07, 6.45) is 4.78. The highest BCUT2D eigenvalue weighted by Gasteiger charge is 2.21. The second kappa shape index (κ2) is 8.34. The summed E-state index contributed by atoms with van der Waals surface area (Å²) >= 11 is 0. The van der Waals surface area contributed by atoms with E-state index in [9.17, 15) is 4.79 Å². The summed E-state index contributed by atoms with van der Waals surface area (Å²) in [4.78, 5) is 22.1. The quantitative estimate of drug-likeness (QED) is 0.679. The fourth-order valence-corrected chi connectivity index (χ4v) is 3.76. The number of nitrogens with one attached hydrogen (secondary N) is 1. The summed E-state index contributed by atoms with van der Waals surface area (Å²) < 4.78 is 0. The van der Waals surface area contributed by atoms with E-state index < -0.39 is 0 Å². The molecule has 1 N–H and O–H groups in total. The molecule has 1 heterocycles. The van der Waals surface area contributed by atoms with Crippen LogP contribution >= 0.6 is 0 Å². The van der Waals surface area contributed by atoms with E-state index in [-0.39, 0.29) is 5.91 Å². The Balaban J connectivity index is 1.47. The van der Waals surface area contributed by atoms with Gasteiger partial charge in [0, 0.05) is 12.0 Å². The van der Waals surface area contributed by atoms with Gasteiger partial charge in [0.15, 0.2) is 5.82 Å². The average molecular weight is 371 g/mol. The topological polar surface area (TPSA) is 54.9 Å². The Labute approximate surface area is 166 Å². The van der Waals surface area contributed by atoms with Crippen LogP contribution < -0.4 is 5.32 Å². The first-order valence-corrected chi connectivity index (χ1v) is 10.1. The van der Waals surface area contributed by atoms with Crippen molar-refractivity contribution in [1.82, 2.24) is 9.97 Å². The molecule has 0 aliphatic heterocycles. The molecule has 142 valence electrons. The highest BCUT2D eigenvalue weighted by atomic mass is 16.1. The summed E-state index contributed by atoms with van der Waals surface area (Å²) in [5.41, 5.74) is 6.57. The van der Waals surface area contributed by atoms with Crippen LogP contribution in [-0.2, 0) is 30.5 Å². The van der Waals surface area contributed by atoms with Crippen molar-refractivity contribution in [1.29, 1.82) is 0 Å². The molecule has 4 nitrogen and oxygen atoms in total. The molecule has 1 aliphatic carbocycles. The smallest absolute Gasteiger partial charge is 0.225 e. The van der Waals surface area contributed by atoms with Crippen LogP contribution in [0.4, 0.5) is 5.82 Å². The highest BCUT2D eigenvalue weighted by Crippen LogP contribution is 2.32. The lowest BCUT2D eigenvalue weighted by Gasteiger charge is -2.20. The third-order valence-electron chi connectivity index (χ3n) is 5.25. The molecule has 0 fully saturated rings. The van der Waals surface area contributed by atoms with E-state index in [2.05, 4.69) is 42.6 Å². The predicted molar refractivity (Wildman–Crippen MR) is 112 cm³/mol. The van der Waals surface area contributed by atoms with Gasteiger partial charge in [0.1, 0.15) is 0 Å². The minimum Gasteiger partial charge on any atom is -0.309 e. The second-order valence-electron chi connectivity index (χ2n) is 7.21. The standard InChI is InChI=1S/C24H25N3O/c1-2-20-24(27-22(28)14-8-11-17-9-4-3-5-10-17)26-21-16-15-18-12-6-7-13-19(18)23(21)25-20/h3-7,9-10,12-13H,2,8,11,14-16H2,1H3,(H,26,27,28). The third-order valence-corrected chi connectivity index (χ3v) is 5.25. The molecule has 4 heteroatoms. The molecule has 1 amide bonds. The van der Waals surface area contributed by atoms with Crippen molar-refractivity contribution in [3.8, 4) is 11.3 Å². The minimum atomic E-state index is 0.0103. The van der Waals surface area contributed by atoms with Crippen molar-refractivity contribution >= 4 is 11.7 Å². The molecular weight excluding hydrogens is 346 g/mol. The van der Waals surface area contributed by atoms with Crippen LogP contribution in [0.3, 0.4) is 0 Å². The number of fused-ring (bicyclic) bond motifs is 3. The van der Waals surface area contributed by atoms with E-state index in [0.717, 1.165) is 49.2 Å². The van der Waals surface area contributed by atoms with Crippen molar-refractivity contribution in [3.63, 3.8) is 0 Å². The summed E-state index contributed by atoms with van der Waals surface area (Å²) in [6, 6.07) is 18.7. The van der Waals surface area contributed by atoms with Crippen LogP contribution in [0.1, 0.15) is 42.3 Å². The lowest BCUT2D eigenvalue weighted by atomic mass is 9.92. The first kappa shape index (κ1) is 18.4. The van der Waals surface area contributed by atoms with E-state index in [1.54, 1.807) is 0 Å². The number of rotatable bonds is 6. The Morgan fingerprint density at radius 1 is 1.00 bits per heavy atom. The monoisotopic (exact) mass is 371 g/mol. The van der Waals surface area contributed by atoms with Crippen LogP contribution in [0.15, 0.2) is 54.6 Å². The SMILES string of the molecule is CCc1nc2c(nc1NC(=O)CCCc1ccccc1)CCc1ccccc1-2. The average Bonchev–Trinajstić information content (AvgIpc) is 2.74. The van der Waals surface area contributed by atoms with Crippen molar-refractivity contribution in [2.75, 3.05) is 5.32 Å². The van der Waals surface area contributed by atoms with E-state index in [1.807, 2.05) is 24.3 Å². The van der Waals surface area contributed by atoms with Gasteiger partial charge in [-0.05, 0) is 43.2 Å². The minimum absolute atomic E-state index is 0.0103. The maximum atomic E-state index is 12.5. The Bertz CT molecular complexity index is 982. The number of aryl methyl sites for hydroxylation is 4. The Morgan fingerprint density at radius 3 is 2.61 bits per heavy atom. The molecule has 0 spiro atoms. The maximum Gasteiger partial charge on any atom is 0.225 e. The number of benzene rings is 2. The number of carbonyl (C=O) groups excluding carboxylic acids is 1. The first-order valence-electron chi connectivity index (χ1n) is 10.1. The fraction of sp³-hybridized carbons (Fsp3) is 0.292. The van der Waals surface area contributed by atoms with Crippen LogP contribution in [0.5, 0.6) is 0 Å². The van der Waals surface area contributed by atoms with Gasteiger partial charge in [-0.1, -0.05) is 61.5 Å². The predicted octanol–water partition coefficient (Wildman–Crippen LogP) is 4.77. The van der Waals surface area contributed by atoms with E-state index >= 15 is 0 Å². The van der Waals surface area contributed by atoms with Gasteiger partial charge < -0.3 is 5.32 Å². The van der Waals surface area contributed by atoms with Gasteiger partial charge in [0.2, 0.25) is 5.91 Å². The van der Waals surface area contributed by atoms with Crippen molar-refractivity contribution < 1.29 is 4.79 Å². The van der Waals surface area contributed by atoms with Crippen LogP contribution in [0.2, 0.25) is 0 Å². The second-order valence-corrected chi connectivity index (χ2v) is 7.21.